The lowest BCUT2D eigenvalue weighted by Gasteiger charge is -2.05. The number of hydrogen-bond donors (Lipinski definition) is 1. The fraction of sp³-hybridized carbons (Fsp3) is 0.100. The third-order valence-corrected chi connectivity index (χ3v) is 4.15. The smallest absolute Gasteiger partial charge is 0.291 e. The van der Waals surface area contributed by atoms with Crippen LogP contribution in [0.4, 0.5) is 5.69 Å². The zero-order chi connectivity index (χ0) is 18.1. The van der Waals surface area contributed by atoms with Gasteiger partial charge in [0.2, 0.25) is 5.71 Å². The highest BCUT2D eigenvalue weighted by atomic mass is 35.5. The van der Waals surface area contributed by atoms with E-state index in [1.165, 1.54) is 0 Å². The summed E-state index contributed by atoms with van der Waals surface area (Å²) < 4.78 is 11.0. The van der Waals surface area contributed by atoms with Gasteiger partial charge in [-0.2, -0.15) is 0 Å². The molecule has 0 saturated carbocycles. The first-order chi connectivity index (χ1) is 12.6. The van der Waals surface area contributed by atoms with Crippen LogP contribution in [0.5, 0.6) is 5.75 Å². The largest absolute Gasteiger partial charge is 0.494 e. The van der Waals surface area contributed by atoms with E-state index < -0.39 is 0 Å². The molecule has 4 aromatic rings. The van der Waals surface area contributed by atoms with Gasteiger partial charge in [0.05, 0.1) is 12.1 Å². The van der Waals surface area contributed by atoms with E-state index >= 15 is 0 Å². The minimum atomic E-state index is -0.339. The monoisotopic (exact) mass is 366 g/mol. The molecular formula is C20H15ClN2O3. The Kier molecular flexibility index (Phi) is 4.22. The molecule has 4 rings (SSSR count). The number of nitrogens with zero attached hydrogens (tertiary/aromatic N) is 1. The van der Waals surface area contributed by atoms with Crippen molar-refractivity contribution in [2.75, 3.05) is 11.9 Å². The molecule has 0 unspecified atom stereocenters. The van der Waals surface area contributed by atoms with Gasteiger partial charge in [-0.3, -0.25) is 4.79 Å². The number of fused-ring (bicyclic) bond motifs is 2. The molecule has 0 spiro atoms. The first-order valence-corrected chi connectivity index (χ1v) is 8.54. The van der Waals surface area contributed by atoms with Gasteiger partial charge >= 0.3 is 0 Å². The van der Waals surface area contributed by atoms with Crippen LogP contribution in [-0.4, -0.2) is 17.5 Å². The molecule has 5 nitrogen and oxygen atoms in total. The number of anilines is 1. The summed E-state index contributed by atoms with van der Waals surface area (Å²) in [6.45, 7) is 2.51. The lowest BCUT2D eigenvalue weighted by atomic mass is 10.2. The number of furan rings is 1. The number of aromatic nitrogens is 1. The summed E-state index contributed by atoms with van der Waals surface area (Å²) >= 11 is 6.00. The predicted molar refractivity (Wildman–Crippen MR) is 102 cm³/mol. The Labute approximate surface area is 154 Å². The Hall–Kier alpha value is -3.05. The number of amides is 1. The number of ether oxygens (including phenoxy) is 1. The summed E-state index contributed by atoms with van der Waals surface area (Å²) in [5.41, 5.74) is 1.78. The van der Waals surface area contributed by atoms with E-state index in [9.17, 15) is 4.79 Å². The van der Waals surface area contributed by atoms with Crippen molar-refractivity contribution in [1.82, 2.24) is 4.98 Å². The minimum absolute atomic E-state index is 0.197. The number of rotatable bonds is 4. The second kappa shape index (κ2) is 6.69. The van der Waals surface area contributed by atoms with Crippen LogP contribution in [0.3, 0.4) is 0 Å². The fourth-order valence-electron chi connectivity index (χ4n) is 2.70. The summed E-state index contributed by atoms with van der Waals surface area (Å²) in [4.78, 5) is 16.9. The number of pyridine rings is 1. The average molecular weight is 367 g/mol. The molecule has 0 bridgehead atoms. The molecule has 1 amide bonds. The number of carbonyl (C=O) groups is 1. The maximum Gasteiger partial charge on any atom is 0.291 e. The Balaban J connectivity index is 1.61. The maximum absolute atomic E-state index is 12.5. The van der Waals surface area contributed by atoms with Gasteiger partial charge in [0.25, 0.3) is 5.91 Å². The van der Waals surface area contributed by atoms with Gasteiger partial charge in [-0.25, -0.2) is 4.98 Å². The topological polar surface area (TPSA) is 64.4 Å². The van der Waals surface area contributed by atoms with Crippen LogP contribution in [0, 0.1) is 0 Å². The maximum atomic E-state index is 12.5. The first kappa shape index (κ1) is 16.4. The van der Waals surface area contributed by atoms with Gasteiger partial charge in [0.1, 0.15) is 5.75 Å². The lowest BCUT2D eigenvalue weighted by molar-refractivity contribution is 0.0998. The van der Waals surface area contributed by atoms with Crippen LogP contribution in [0.15, 0.2) is 59.0 Å². The molecule has 0 aliphatic heterocycles. The predicted octanol–water partition coefficient (Wildman–Crippen LogP) is 5.29. The zero-order valence-electron chi connectivity index (χ0n) is 14.0. The van der Waals surface area contributed by atoms with Crippen molar-refractivity contribution in [1.29, 1.82) is 0 Å². The third kappa shape index (κ3) is 3.21. The highest BCUT2D eigenvalue weighted by molar-refractivity contribution is 6.31. The Morgan fingerprint density at radius 1 is 1.12 bits per heavy atom. The van der Waals surface area contributed by atoms with E-state index in [4.69, 9.17) is 20.8 Å². The van der Waals surface area contributed by atoms with E-state index in [0.717, 1.165) is 22.0 Å². The van der Waals surface area contributed by atoms with E-state index in [0.29, 0.717) is 23.0 Å². The Morgan fingerprint density at radius 2 is 1.92 bits per heavy atom. The Bertz CT molecular complexity index is 1100. The van der Waals surface area contributed by atoms with E-state index in [1.54, 1.807) is 42.5 Å². The molecule has 26 heavy (non-hydrogen) atoms. The van der Waals surface area contributed by atoms with Crippen LogP contribution >= 0.6 is 11.6 Å². The van der Waals surface area contributed by atoms with Gasteiger partial charge in [-0.05, 0) is 55.5 Å². The van der Waals surface area contributed by atoms with Crippen molar-refractivity contribution in [3.63, 3.8) is 0 Å². The number of halogens is 1. The highest BCUT2D eigenvalue weighted by Crippen LogP contribution is 2.25. The van der Waals surface area contributed by atoms with Crippen LogP contribution in [0.2, 0.25) is 5.02 Å². The van der Waals surface area contributed by atoms with Crippen molar-refractivity contribution < 1.29 is 13.9 Å². The molecule has 0 aliphatic carbocycles. The van der Waals surface area contributed by atoms with Crippen molar-refractivity contribution in [3.8, 4) is 5.75 Å². The molecule has 6 heteroatoms. The molecule has 2 heterocycles. The molecule has 0 radical (unpaired) electrons. The molecular weight excluding hydrogens is 352 g/mol. The van der Waals surface area contributed by atoms with Crippen LogP contribution in [0.1, 0.15) is 17.5 Å². The van der Waals surface area contributed by atoms with E-state index in [1.807, 2.05) is 19.1 Å². The number of nitrogens with one attached hydrogen (secondary N) is 1. The van der Waals surface area contributed by atoms with Crippen molar-refractivity contribution in [2.24, 2.45) is 0 Å². The zero-order valence-corrected chi connectivity index (χ0v) is 14.7. The highest BCUT2D eigenvalue weighted by Gasteiger charge is 2.14. The quantitative estimate of drug-likeness (QED) is 0.533. The second-order valence-corrected chi connectivity index (χ2v) is 6.18. The first-order valence-electron chi connectivity index (χ1n) is 8.16. The molecule has 0 atom stereocenters. The van der Waals surface area contributed by atoms with Crippen molar-refractivity contribution in [2.45, 2.75) is 6.92 Å². The van der Waals surface area contributed by atoms with Gasteiger partial charge < -0.3 is 14.5 Å². The van der Waals surface area contributed by atoms with Gasteiger partial charge in [0.15, 0.2) is 5.76 Å². The number of carbonyl (C=O) groups excluding carboxylic acids is 1. The summed E-state index contributed by atoms with van der Waals surface area (Å²) in [6.07, 6.45) is 0. The SMILES string of the molecule is CCOc1ccc(NC(=O)c2cc3cc4ccc(Cl)cc4nc3o2)cc1. The summed E-state index contributed by atoms with van der Waals surface area (Å²) in [5.74, 6) is 0.612. The van der Waals surface area contributed by atoms with Gasteiger partial charge in [0, 0.05) is 21.5 Å². The van der Waals surface area contributed by atoms with Crippen LogP contribution < -0.4 is 10.1 Å². The Morgan fingerprint density at radius 3 is 2.69 bits per heavy atom. The van der Waals surface area contributed by atoms with E-state index in [-0.39, 0.29) is 11.7 Å². The van der Waals surface area contributed by atoms with Crippen molar-refractivity contribution >= 4 is 45.2 Å². The number of hydrogen-bond acceptors (Lipinski definition) is 4. The summed E-state index contributed by atoms with van der Waals surface area (Å²) in [5, 5.41) is 5.10. The lowest BCUT2D eigenvalue weighted by Crippen LogP contribution is -2.10. The van der Waals surface area contributed by atoms with Gasteiger partial charge in [-0.1, -0.05) is 17.7 Å². The van der Waals surface area contributed by atoms with E-state index in [2.05, 4.69) is 10.3 Å². The minimum Gasteiger partial charge on any atom is -0.494 e. The van der Waals surface area contributed by atoms with Gasteiger partial charge in [-0.15, -0.1) is 0 Å². The number of benzene rings is 2. The summed E-state index contributed by atoms with van der Waals surface area (Å²) in [7, 11) is 0. The fourth-order valence-corrected chi connectivity index (χ4v) is 2.87. The van der Waals surface area contributed by atoms with Crippen LogP contribution in [-0.2, 0) is 0 Å². The molecule has 130 valence electrons. The van der Waals surface area contributed by atoms with Crippen LogP contribution in [0.25, 0.3) is 22.0 Å². The van der Waals surface area contributed by atoms with Crippen molar-refractivity contribution in [3.05, 3.63) is 65.4 Å². The molecule has 0 fully saturated rings. The molecule has 0 aliphatic rings. The normalized spacial score (nSPS) is 11.0. The molecule has 0 saturated heterocycles. The summed E-state index contributed by atoms with van der Waals surface area (Å²) in [6, 6.07) is 16.2. The average Bonchev–Trinajstić information content (AvgIpc) is 3.04. The standard InChI is InChI=1S/C20H15ClN2O3/c1-2-25-16-7-5-15(6-8-16)22-19(24)18-10-13-9-12-3-4-14(21)11-17(12)23-20(13)26-18/h3-11H,2H2,1H3,(H,22,24). The molecule has 2 aromatic heterocycles. The second-order valence-electron chi connectivity index (χ2n) is 5.74. The molecule has 1 N–H and O–H groups in total. The third-order valence-electron chi connectivity index (χ3n) is 3.91. The molecule has 2 aromatic carbocycles.